The summed E-state index contributed by atoms with van der Waals surface area (Å²) in [4.78, 5) is 27.3. The van der Waals surface area contributed by atoms with Crippen molar-refractivity contribution in [1.82, 2.24) is 9.80 Å². The van der Waals surface area contributed by atoms with Gasteiger partial charge in [-0.05, 0) is 26.7 Å². The van der Waals surface area contributed by atoms with Crippen LogP contribution in [0.2, 0.25) is 0 Å². The molecule has 0 unspecified atom stereocenters. The van der Waals surface area contributed by atoms with Crippen LogP contribution in [-0.2, 0) is 9.53 Å². The molecule has 0 bridgehead atoms. The Hall–Kier alpha value is -1.26. The Kier molecular flexibility index (Phi) is 5.95. The minimum absolute atomic E-state index is 0.0442. The van der Waals surface area contributed by atoms with E-state index >= 15 is 0 Å². The summed E-state index contributed by atoms with van der Waals surface area (Å²) in [5.41, 5.74) is 0. The van der Waals surface area contributed by atoms with Crippen molar-refractivity contribution in [3.05, 3.63) is 0 Å². The van der Waals surface area contributed by atoms with Gasteiger partial charge in [-0.25, -0.2) is 4.79 Å². The zero-order valence-corrected chi connectivity index (χ0v) is 11.6. The molecule has 0 aromatic rings. The van der Waals surface area contributed by atoms with Crippen LogP contribution in [0.5, 0.6) is 0 Å². The van der Waals surface area contributed by atoms with E-state index in [1.165, 1.54) is 7.11 Å². The maximum atomic E-state index is 12.4. The molecule has 0 heterocycles. The molecule has 0 saturated heterocycles. The molecule has 0 atom stereocenters. The first-order valence-electron chi connectivity index (χ1n) is 6.76. The summed E-state index contributed by atoms with van der Waals surface area (Å²) >= 11 is 0. The number of ether oxygens (including phenoxy) is 1. The van der Waals surface area contributed by atoms with E-state index in [1.807, 2.05) is 13.8 Å². The van der Waals surface area contributed by atoms with E-state index in [2.05, 4.69) is 4.74 Å². The fraction of sp³-hybridized carbons (Fsp3) is 0.846. The quantitative estimate of drug-likeness (QED) is 0.706. The van der Waals surface area contributed by atoms with Gasteiger partial charge in [0, 0.05) is 19.1 Å². The van der Waals surface area contributed by atoms with Gasteiger partial charge >= 0.3 is 12.0 Å². The highest BCUT2D eigenvalue weighted by molar-refractivity contribution is 5.81. The van der Waals surface area contributed by atoms with Crippen molar-refractivity contribution < 1.29 is 14.3 Å². The van der Waals surface area contributed by atoms with E-state index in [9.17, 15) is 9.59 Å². The van der Waals surface area contributed by atoms with Crippen LogP contribution in [-0.4, -0.2) is 54.6 Å². The lowest BCUT2D eigenvalue weighted by atomic mass is 10.2. The number of carbonyl (C=O) groups is 2. The molecular weight excluding hydrogens is 232 g/mol. The summed E-state index contributed by atoms with van der Waals surface area (Å²) in [7, 11) is 1.36. The number of urea groups is 1. The van der Waals surface area contributed by atoms with Crippen LogP contribution in [0.1, 0.15) is 39.5 Å². The van der Waals surface area contributed by atoms with Gasteiger partial charge in [-0.3, -0.25) is 4.79 Å². The highest BCUT2D eigenvalue weighted by atomic mass is 16.5. The van der Waals surface area contributed by atoms with Crippen molar-refractivity contribution in [2.24, 2.45) is 0 Å². The first kappa shape index (κ1) is 14.8. The Labute approximate surface area is 109 Å². The maximum Gasteiger partial charge on any atom is 0.325 e. The monoisotopic (exact) mass is 256 g/mol. The molecule has 1 rings (SSSR count). The number of nitrogens with zero attached hydrogens (tertiary/aromatic N) is 2. The average molecular weight is 256 g/mol. The molecule has 18 heavy (non-hydrogen) atoms. The third-order valence-corrected chi connectivity index (χ3v) is 3.57. The van der Waals surface area contributed by atoms with Gasteiger partial charge in [0.1, 0.15) is 6.54 Å². The largest absolute Gasteiger partial charge is 0.468 e. The molecule has 2 amide bonds. The second-order valence-electron chi connectivity index (χ2n) is 4.60. The summed E-state index contributed by atoms with van der Waals surface area (Å²) < 4.78 is 4.69. The Bertz CT molecular complexity index is 284. The lowest BCUT2D eigenvalue weighted by molar-refractivity contribution is -0.141. The molecule has 5 heteroatoms. The zero-order chi connectivity index (χ0) is 13.5. The molecule has 0 N–H and O–H groups in total. The van der Waals surface area contributed by atoms with E-state index in [1.54, 1.807) is 9.80 Å². The van der Waals surface area contributed by atoms with Gasteiger partial charge in [0.2, 0.25) is 0 Å². The second-order valence-corrected chi connectivity index (χ2v) is 4.60. The Morgan fingerprint density at radius 1 is 1.17 bits per heavy atom. The molecular formula is C13H24N2O3. The summed E-state index contributed by atoms with van der Waals surface area (Å²) in [5.74, 6) is -0.345. The van der Waals surface area contributed by atoms with Crippen molar-refractivity contribution in [2.75, 3.05) is 26.7 Å². The van der Waals surface area contributed by atoms with Crippen molar-refractivity contribution in [3.63, 3.8) is 0 Å². The number of rotatable bonds is 5. The van der Waals surface area contributed by atoms with Crippen LogP contribution in [0, 0.1) is 0 Å². The Balaban J connectivity index is 2.74. The van der Waals surface area contributed by atoms with Crippen LogP contribution in [0.15, 0.2) is 0 Å². The molecule has 5 nitrogen and oxygen atoms in total. The first-order chi connectivity index (χ1) is 8.63. The van der Waals surface area contributed by atoms with Gasteiger partial charge in [-0.2, -0.15) is 0 Å². The molecule has 0 aliphatic heterocycles. The van der Waals surface area contributed by atoms with E-state index in [0.29, 0.717) is 13.1 Å². The molecule has 1 aliphatic carbocycles. The minimum Gasteiger partial charge on any atom is -0.468 e. The minimum atomic E-state index is -0.345. The van der Waals surface area contributed by atoms with Crippen molar-refractivity contribution in [2.45, 2.75) is 45.6 Å². The SMILES string of the molecule is CCN(CC)C(=O)N(CC(=O)OC)C1CCCC1. The van der Waals surface area contributed by atoms with E-state index in [0.717, 1.165) is 25.7 Å². The highest BCUT2D eigenvalue weighted by Crippen LogP contribution is 2.24. The predicted molar refractivity (Wildman–Crippen MR) is 69.3 cm³/mol. The molecule has 104 valence electrons. The smallest absolute Gasteiger partial charge is 0.325 e. The lowest BCUT2D eigenvalue weighted by Gasteiger charge is -2.32. The molecule has 1 saturated carbocycles. The third-order valence-electron chi connectivity index (χ3n) is 3.57. The number of hydrogen-bond acceptors (Lipinski definition) is 3. The average Bonchev–Trinajstić information content (AvgIpc) is 2.90. The maximum absolute atomic E-state index is 12.4. The van der Waals surface area contributed by atoms with Gasteiger partial charge in [-0.15, -0.1) is 0 Å². The summed E-state index contributed by atoms with van der Waals surface area (Å²) in [6.07, 6.45) is 4.25. The zero-order valence-electron chi connectivity index (χ0n) is 11.6. The predicted octanol–water partition coefficient (Wildman–Crippen LogP) is 1.87. The van der Waals surface area contributed by atoms with Gasteiger partial charge in [0.15, 0.2) is 0 Å². The van der Waals surface area contributed by atoms with Crippen molar-refractivity contribution in [1.29, 1.82) is 0 Å². The topological polar surface area (TPSA) is 49.9 Å². The number of esters is 1. The molecule has 0 radical (unpaired) electrons. The second kappa shape index (κ2) is 7.24. The van der Waals surface area contributed by atoms with Crippen LogP contribution in [0.3, 0.4) is 0 Å². The molecule has 1 aliphatic rings. The van der Waals surface area contributed by atoms with Gasteiger partial charge < -0.3 is 14.5 Å². The fourth-order valence-electron chi connectivity index (χ4n) is 2.45. The van der Waals surface area contributed by atoms with Crippen LogP contribution < -0.4 is 0 Å². The molecule has 0 spiro atoms. The Morgan fingerprint density at radius 3 is 2.17 bits per heavy atom. The fourth-order valence-corrected chi connectivity index (χ4v) is 2.45. The number of carbonyl (C=O) groups excluding carboxylic acids is 2. The van der Waals surface area contributed by atoms with Gasteiger partial charge in [0.25, 0.3) is 0 Å². The van der Waals surface area contributed by atoms with Gasteiger partial charge in [0.05, 0.1) is 7.11 Å². The van der Waals surface area contributed by atoms with Crippen molar-refractivity contribution >= 4 is 12.0 Å². The van der Waals surface area contributed by atoms with Crippen LogP contribution in [0.4, 0.5) is 4.79 Å². The highest BCUT2D eigenvalue weighted by Gasteiger charge is 2.30. The number of amides is 2. The van der Waals surface area contributed by atoms with Crippen molar-refractivity contribution in [3.8, 4) is 0 Å². The third kappa shape index (κ3) is 3.62. The standard InChI is InChI=1S/C13H24N2O3/c1-4-14(5-2)13(17)15(10-12(16)18-3)11-8-6-7-9-11/h11H,4-10H2,1-3H3. The van der Waals surface area contributed by atoms with Crippen LogP contribution in [0.25, 0.3) is 0 Å². The van der Waals surface area contributed by atoms with Gasteiger partial charge in [-0.1, -0.05) is 12.8 Å². The van der Waals surface area contributed by atoms with E-state index in [-0.39, 0.29) is 24.6 Å². The molecule has 1 fully saturated rings. The van der Waals surface area contributed by atoms with E-state index in [4.69, 9.17) is 0 Å². The number of methoxy groups -OCH3 is 1. The van der Waals surface area contributed by atoms with E-state index < -0.39 is 0 Å². The summed E-state index contributed by atoms with van der Waals surface area (Å²) in [6, 6.07) is 0.148. The Morgan fingerprint density at radius 2 is 1.72 bits per heavy atom. The number of hydrogen-bond donors (Lipinski definition) is 0. The summed E-state index contributed by atoms with van der Waals surface area (Å²) in [6.45, 7) is 5.30. The normalized spacial score (nSPS) is 15.5. The first-order valence-corrected chi connectivity index (χ1v) is 6.76. The molecule has 0 aromatic heterocycles. The lowest BCUT2D eigenvalue weighted by Crippen LogP contribution is -2.49. The van der Waals surface area contributed by atoms with Crippen LogP contribution >= 0.6 is 0 Å². The summed E-state index contributed by atoms with van der Waals surface area (Å²) in [5, 5.41) is 0. The molecule has 0 aromatic carbocycles.